The van der Waals surface area contributed by atoms with Crippen LogP contribution >= 0.6 is 11.6 Å². The summed E-state index contributed by atoms with van der Waals surface area (Å²) in [6.07, 6.45) is 0. The number of benzene rings is 2. The Morgan fingerprint density at radius 2 is 1.53 bits per heavy atom. The fourth-order valence-electron chi connectivity index (χ4n) is 4.31. The molecule has 1 aliphatic heterocycles. The van der Waals surface area contributed by atoms with Crippen molar-refractivity contribution < 1.29 is 9.21 Å². The van der Waals surface area contributed by atoms with Gasteiger partial charge in [-0.05, 0) is 36.2 Å². The van der Waals surface area contributed by atoms with Crippen LogP contribution in [-0.2, 0) is 5.41 Å². The SMILES string of the molecule is Cc1oc(C(C)(C)C)cc1C(=O)N1CCN([C@@H](c2ccccc2)c2ccc(Cl)cc2)CC1. The standard InChI is InChI=1S/C27H31ClN2O2/c1-19-23(18-24(32-19)27(2,3)4)26(31)30-16-14-29(15-17-30)25(20-8-6-5-7-9-20)21-10-12-22(28)13-11-21/h5-13,18,25H,14-17H2,1-4H3/t25-/m0/s1. The van der Waals surface area contributed by atoms with Crippen LogP contribution in [-0.4, -0.2) is 41.9 Å². The van der Waals surface area contributed by atoms with Crippen molar-refractivity contribution in [3.05, 3.63) is 93.9 Å². The number of piperazine rings is 1. The van der Waals surface area contributed by atoms with Gasteiger partial charge in [-0.2, -0.15) is 0 Å². The number of furan rings is 1. The van der Waals surface area contributed by atoms with Gasteiger partial charge in [0.15, 0.2) is 0 Å². The zero-order valence-electron chi connectivity index (χ0n) is 19.3. The second kappa shape index (κ2) is 9.13. The third kappa shape index (κ3) is 4.77. The second-order valence-electron chi connectivity index (χ2n) is 9.52. The van der Waals surface area contributed by atoms with Crippen LogP contribution < -0.4 is 0 Å². The summed E-state index contributed by atoms with van der Waals surface area (Å²) in [5.41, 5.74) is 3.01. The minimum absolute atomic E-state index is 0.0594. The van der Waals surface area contributed by atoms with Crippen LogP contribution in [0.3, 0.4) is 0 Å². The van der Waals surface area contributed by atoms with Gasteiger partial charge in [0.25, 0.3) is 5.91 Å². The van der Waals surface area contributed by atoms with Crippen molar-refractivity contribution in [1.29, 1.82) is 0 Å². The molecule has 0 bridgehead atoms. The molecule has 2 aromatic carbocycles. The number of halogens is 1. The molecule has 0 unspecified atom stereocenters. The molecule has 5 heteroatoms. The fraction of sp³-hybridized carbons (Fsp3) is 0.370. The van der Waals surface area contributed by atoms with Crippen molar-refractivity contribution in [3.8, 4) is 0 Å². The number of carbonyl (C=O) groups excluding carboxylic acids is 1. The molecule has 0 radical (unpaired) electrons. The minimum Gasteiger partial charge on any atom is -0.465 e. The monoisotopic (exact) mass is 450 g/mol. The highest BCUT2D eigenvalue weighted by Gasteiger charge is 2.31. The van der Waals surface area contributed by atoms with Crippen LogP contribution in [0.4, 0.5) is 0 Å². The van der Waals surface area contributed by atoms with Crippen molar-refractivity contribution in [3.63, 3.8) is 0 Å². The zero-order valence-corrected chi connectivity index (χ0v) is 20.0. The van der Waals surface area contributed by atoms with Gasteiger partial charge in [0.2, 0.25) is 0 Å². The minimum atomic E-state index is -0.122. The first kappa shape index (κ1) is 22.6. The molecule has 1 aliphatic rings. The molecule has 2 heterocycles. The molecule has 0 spiro atoms. The van der Waals surface area contributed by atoms with E-state index in [4.69, 9.17) is 16.0 Å². The van der Waals surface area contributed by atoms with Gasteiger partial charge in [0, 0.05) is 36.6 Å². The highest BCUT2D eigenvalue weighted by Crippen LogP contribution is 2.31. The van der Waals surface area contributed by atoms with Crippen LogP contribution in [0.25, 0.3) is 0 Å². The molecule has 4 rings (SSSR count). The van der Waals surface area contributed by atoms with Crippen LogP contribution in [0, 0.1) is 6.92 Å². The molecule has 1 aromatic heterocycles. The summed E-state index contributed by atoms with van der Waals surface area (Å²) in [6, 6.07) is 20.7. The summed E-state index contributed by atoms with van der Waals surface area (Å²) in [5.74, 6) is 1.61. The molecule has 168 valence electrons. The van der Waals surface area contributed by atoms with E-state index in [0.717, 1.165) is 23.9 Å². The number of nitrogens with zero attached hydrogens (tertiary/aromatic N) is 2. The molecular formula is C27H31ClN2O2. The molecule has 1 saturated heterocycles. The first-order chi connectivity index (χ1) is 15.2. The Hall–Kier alpha value is -2.56. The zero-order chi connectivity index (χ0) is 22.9. The van der Waals surface area contributed by atoms with E-state index in [0.29, 0.717) is 24.4 Å². The Bertz CT molecular complexity index is 1060. The Morgan fingerprint density at radius 1 is 0.938 bits per heavy atom. The molecule has 0 N–H and O–H groups in total. The van der Waals surface area contributed by atoms with E-state index in [1.165, 1.54) is 11.1 Å². The Kier molecular flexibility index (Phi) is 6.45. The first-order valence-electron chi connectivity index (χ1n) is 11.2. The third-order valence-electron chi connectivity index (χ3n) is 6.16. The largest absolute Gasteiger partial charge is 0.465 e. The predicted octanol–water partition coefficient (Wildman–Crippen LogP) is 6.09. The van der Waals surface area contributed by atoms with Crippen LogP contribution in [0.2, 0.25) is 5.02 Å². The van der Waals surface area contributed by atoms with Gasteiger partial charge in [0.05, 0.1) is 11.6 Å². The normalized spacial score (nSPS) is 16.2. The number of rotatable bonds is 4. The maximum absolute atomic E-state index is 13.2. The number of hydrogen-bond donors (Lipinski definition) is 0. The van der Waals surface area contributed by atoms with Crippen LogP contribution in [0.15, 0.2) is 65.1 Å². The van der Waals surface area contributed by atoms with Gasteiger partial charge < -0.3 is 9.32 Å². The number of hydrogen-bond acceptors (Lipinski definition) is 3. The summed E-state index contributed by atoms with van der Waals surface area (Å²) in [7, 11) is 0. The van der Waals surface area contributed by atoms with E-state index in [9.17, 15) is 4.79 Å². The summed E-state index contributed by atoms with van der Waals surface area (Å²) in [6.45, 7) is 11.1. The summed E-state index contributed by atoms with van der Waals surface area (Å²) in [5, 5.41) is 0.737. The third-order valence-corrected chi connectivity index (χ3v) is 6.41. The number of aryl methyl sites for hydroxylation is 1. The summed E-state index contributed by atoms with van der Waals surface area (Å²) < 4.78 is 5.91. The van der Waals surface area contributed by atoms with E-state index in [1.54, 1.807) is 0 Å². The Balaban J connectivity index is 1.52. The second-order valence-corrected chi connectivity index (χ2v) is 9.96. The summed E-state index contributed by atoms with van der Waals surface area (Å²) >= 11 is 6.14. The van der Waals surface area contributed by atoms with E-state index in [-0.39, 0.29) is 17.4 Å². The molecule has 1 amide bonds. The van der Waals surface area contributed by atoms with Crippen molar-refractivity contribution in [2.75, 3.05) is 26.2 Å². The summed E-state index contributed by atoms with van der Waals surface area (Å²) in [4.78, 5) is 17.6. The van der Waals surface area contributed by atoms with Crippen LogP contribution in [0.1, 0.15) is 59.8 Å². The lowest BCUT2D eigenvalue weighted by atomic mass is 9.93. The van der Waals surface area contributed by atoms with Crippen molar-refractivity contribution >= 4 is 17.5 Å². The quantitative estimate of drug-likeness (QED) is 0.482. The fourth-order valence-corrected chi connectivity index (χ4v) is 4.44. The van der Waals surface area contributed by atoms with Gasteiger partial charge in [-0.25, -0.2) is 0 Å². The molecule has 4 nitrogen and oxygen atoms in total. The van der Waals surface area contributed by atoms with E-state index in [1.807, 2.05) is 36.1 Å². The van der Waals surface area contributed by atoms with Gasteiger partial charge in [-0.1, -0.05) is 74.8 Å². The number of carbonyl (C=O) groups is 1. The smallest absolute Gasteiger partial charge is 0.257 e. The topological polar surface area (TPSA) is 36.7 Å². The van der Waals surface area contributed by atoms with E-state index in [2.05, 4.69) is 62.1 Å². The molecule has 0 saturated carbocycles. The van der Waals surface area contributed by atoms with Crippen molar-refractivity contribution in [2.24, 2.45) is 0 Å². The molecular weight excluding hydrogens is 420 g/mol. The molecule has 0 aliphatic carbocycles. The lowest BCUT2D eigenvalue weighted by Crippen LogP contribution is -2.49. The maximum atomic E-state index is 13.2. The molecule has 3 aromatic rings. The molecule has 32 heavy (non-hydrogen) atoms. The highest BCUT2D eigenvalue weighted by molar-refractivity contribution is 6.30. The van der Waals surface area contributed by atoms with Crippen molar-refractivity contribution in [1.82, 2.24) is 9.80 Å². The average molecular weight is 451 g/mol. The highest BCUT2D eigenvalue weighted by atomic mass is 35.5. The molecule has 1 fully saturated rings. The lowest BCUT2D eigenvalue weighted by molar-refractivity contribution is 0.0595. The van der Waals surface area contributed by atoms with Gasteiger partial charge >= 0.3 is 0 Å². The van der Waals surface area contributed by atoms with Crippen molar-refractivity contribution in [2.45, 2.75) is 39.2 Å². The predicted molar refractivity (Wildman–Crippen MR) is 129 cm³/mol. The molecule has 1 atom stereocenters. The first-order valence-corrected chi connectivity index (χ1v) is 11.6. The van der Waals surface area contributed by atoms with Gasteiger partial charge in [-0.3, -0.25) is 9.69 Å². The Labute approximate surface area is 195 Å². The average Bonchev–Trinajstić information content (AvgIpc) is 3.18. The van der Waals surface area contributed by atoms with Gasteiger partial charge in [0.1, 0.15) is 11.5 Å². The number of amides is 1. The maximum Gasteiger partial charge on any atom is 0.257 e. The van der Waals surface area contributed by atoms with Gasteiger partial charge in [-0.15, -0.1) is 0 Å². The van der Waals surface area contributed by atoms with Crippen LogP contribution in [0.5, 0.6) is 0 Å². The van der Waals surface area contributed by atoms with E-state index >= 15 is 0 Å². The Morgan fingerprint density at radius 3 is 2.09 bits per heavy atom. The lowest BCUT2D eigenvalue weighted by Gasteiger charge is -2.39. The van der Waals surface area contributed by atoms with E-state index < -0.39 is 0 Å².